The summed E-state index contributed by atoms with van der Waals surface area (Å²) in [4.78, 5) is 27.5. The van der Waals surface area contributed by atoms with Gasteiger partial charge in [-0.3, -0.25) is 9.59 Å². The van der Waals surface area contributed by atoms with Gasteiger partial charge in [0.2, 0.25) is 0 Å². The van der Waals surface area contributed by atoms with Gasteiger partial charge in [0.1, 0.15) is 11.4 Å². The first-order valence-corrected chi connectivity index (χ1v) is 10.2. The van der Waals surface area contributed by atoms with Crippen molar-refractivity contribution >= 4 is 17.3 Å². The topological polar surface area (TPSA) is 96.7 Å². The molecule has 2 N–H and O–H groups in total. The number of hydrogen-bond acceptors (Lipinski definition) is 6. The Hall–Kier alpha value is -3.81. The van der Waals surface area contributed by atoms with E-state index < -0.39 is 17.2 Å². The van der Waals surface area contributed by atoms with E-state index in [0.29, 0.717) is 17.1 Å². The molecule has 2 aromatic carbocycles. The lowest BCUT2D eigenvalue weighted by Gasteiger charge is -2.28. The third-order valence-electron chi connectivity index (χ3n) is 5.29. The molecule has 1 aromatic heterocycles. The smallest absolute Gasteiger partial charge is 0.279 e. The molecular formula is C23H24N4O4. The second-order valence-corrected chi connectivity index (χ2v) is 7.35. The van der Waals surface area contributed by atoms with Gasteiger partial charge in [0.15, 0.2) is 11.4 Å². The molecule has 1 fully saturated rings. The molecule has 8 nitrogen and oxygen atoms in total. The number of nitrogens with one attached hydrogen (secondary N) is 1. The lowest BCUT2D eigenvalue weighted by atomic mass is 10.1. The van der Waals surface area contributed by atoms with Crippen LogP contribution in [-0.4, -0.2) is 41.0 Å². The molecule has 160 valence electrons. The van der Waals surface area contributed by atoms with E-state index in [9.17, 15) is 14.7 Å². The minimum Gasteiger partial charge on any atom is -0.505 e. The van der Waals surface area contributed by atoms with Gasteiger partial charge in [-0.2, -0.15) is 9.78 Å². The number of piperidine rings is 1. The number of hydrogen-bond donors (Lipinski definition) is 2. The molecule has 0 atom stereocenters. The molecule has 1 amide bonds. The molecule has 4 rings (SSSR count). The second kappa shape index (κ2) is 8.91. The van der Waals surface area contributed by atoms with Crippen LogP contribution in [0.2, 0.25) is 0 Å². The minimum atomic E-state index is -0.619. The summed E-state index contributed by atoms with van der Waals surface area (Å²) < 4.78 is 6.31. The summed E-state index contributed by atoms with van der Waals surface area (Å²) in [5, 5.41) is 17.0. The minimum absolute atomic E-state index is 0.259. The number of aromatic nitrogens is 2. The second-order valence-electron chi connectivity index (χ2n) is 7.35. The fourth-order valence-corrected chi connectivity index (χ4v) is 3.68. The Morgan fingerprint density at radius 3 is 2.48 bits per heavy atom. The van der Waals surface area contributed by atoms with Gasteiger partial charge in [-0.25, -0.2) is 0 Å². The van der Waals surface area contributed by atoms with Crippen LogP contribution in [0.15, 0.2) is 59.4 Å². The fraction of sp³-hybridized carbons (Fsp3) is 0.261. The van der Waals surface area contributed by atoms with Gasteiger partial charge in [0, 0.05) is 30.5 Å². The van der Waals surface area contributed by atoms with E-state index in [4.69, 9.17) is 4.74 Å². The van der Waals surface area contributed by atoms with Crippen LogP contribution in [0.25, 0.3) is 5.69 Å². The molecule has 0 bridgehead atoms. The van der Waals surface area contributed by atoms with Gasteiger partial charge in [-0.15, -0.1) is 0 Å². The lowest BCUT2D eigenvalue weighted by molar-refractivity contribution is 0.101. The number of ether oxygens (including phenoxy) is 1. The maximum atomic E-state index is 12.8. The molecule has 2 heterocycles. The van der Waals surface area contributed by atoms with Crippen molar-refractivity contribution in [3.8, 4) is 17.2 Å². The van der Waals surface area contributed by atoms with Crippen LogP contribution in [0.5, 0.6) is 11.5 Å². The van der Waals surface area contributed by atoms with Crippen LogP contribution in [0.3, 0.4) is 0 Å². The summed E-state index contributed by atoms with van der Waals surface area (Å²) >= 11 is 0. The van der Waals surface area contributed by atoms with Crippen molar-refractivity contribution in [2.45, 2.75) is 19.3 Å². The highest BCUT2D eigenvalue weighted by Gasteiger charge is 2.19. The zero-order valence-corrected chi connectivity index (χ0v) is 17.2. The molecule has 1 aliphatic rings. The maximum Gasteiger partial charge on any atom is 0.279 e. The van der Waals surface area contributed by atoms with Crippen LogP contribution in [0.4, 0.5) is 11.4 Å². The first-order valence-electron chi connectivity index (χ1n) is 10.2. The quantitative estimate of drug-likeness (QED) is 0.658. The summed E-state index contributed by atoms with van der Waals surface area (Å²) in [6, 6.07) is 15.3. The Labute approximate surface area is 179 Å². The first kappa shape index (κ1) is 20.5. The molecule has 1 saturated heterocycles. The fourth-order valence-electron chi connectivity index (χ4n) is 3.68. The molecule has 0 aliphatic carbocycles. The molecule has 0 spiro atoms. The van der Waals surface area contributed by atoms with Gasteiger partial charge in [-0.1, -0.05) is 12.1 Å². The highest BCUT2D eigenvalue weighted by Crippen LogP contribution is 2.24. The van der Waals surface area contributed by atoms with Crippen LogP contribution in [0.1, 0.15) is 29.8 Å². The lowest BCUT2D eigenvalue weighted by Crippen LogP contribution is -2.29. The Bertz CT molecular complexity index is 1140. The van der Waals surface area contributed by atoms with Crippen LogP contribution >= 0.6 is 0 Å². The molecular weight excluding hydrogens is 396 g/mol. The van der Waals surface area contributed by atoms with Crippen molar-refractivity contribution in [2.75, 3.05) is 30.4 Å². The Morgan fingerprint density at radius 2 is 1.77 bits per heavy atom. The summed E-state index contributed by atoms with van der Waals surface area (Å²) in [6.07, 6.45) is 3.63. The van der Waals surface area contributed by atoms with Gasteiger partial charge < -0.3 is 20.1 Å². The van der Waals surface area contributed by atoms with E-state index in [1.807, 2.05) is 24.3 Å². The molecule has 3 aromatic rings. The monoisotopic (exact) mass is 420 g/mol. The summed E-state index contributed by atoms with van der Waals surface area (Å²) in [7, 11) is 1.48. The maximum absolute atomic E-state index is 12.8. The third kappa shape index (κ3) is 4.37. The molecule has 0 unspecified atom stereocenters. The van der Waals surface area contributed by atoms with Crippen LogP contribution in [-0.2, 0) is 0 Å². The Balaban J connectivity index is 1.58. The third-order valence-corrected chi connectivity index (χ3v) is 5.29. The molecule has 8 heteroatoms. The highest BCUT2D eigenvalue weighted by molar-refractivity contribution is 6.04. The first-order chi connectivity index (χ1) is 15.1. The van der Waals surface area contributed by atoms with Gasteiger partial charge >= 0.3 is 0 Å². The molecule has 31 heavy (non-hydrogen) atoms. The number of benzene rings is 2. The standard InChI is InChI=1S/C23H24N4O4/c1-31-20-8-4-3-7-18(20)27-21(29)15-19(28)22(25-27)23(30)24-16-9-11-17(12-10-16)26-13-5-2-6-14-26/h3-4,7-12,15,28H,2,5-6,13-14H2,1H3,(H,24,30). The van der Waals surface area contributed by atoms with E-state index in [0.717, 1.165) is 29.5 Å². The number of amides is 1. The predicted molar refractivity (Wildman–Crippen MR) is 119 cm³/mol. The number of rotatable bonds is 5. The number of para-hydroxylation sites is 2. The number of anilines is 2. The zero-order chi connectivity index (χ0) is 21.8. The number of methoxy groups -OCH3 is 1. The van der Waals surface area contributed by atoms with E-state index in [2.05, 4.69) is 15.3 Å². The van der Waals surface area contributed by atoms with Crippen molar-refractivity contribution in [3.63, 3.8) is 0 Å². The van der Waals surface area contributed by atoms with E-state index >= 15 is 0 Å². The SMILES string of the molecule is COc1ccccc1-n1nc(C(=O)Nc2ccc(N3CCCCC3)cc2)c(O)cc1=O. The zero-order valence-electron chi connectivity index (χ0n) is 17.2. The molecule has 0 saturated carbocycles. The number of aromatic hydroxyl groups is 1. The van der Waals surface area contributed by atoms with Crippen LogP contribution < -0.4 is 20.5 Å². The summed E-state index contributed by atoms with van der Waals surface area (Å²) in [6.45, 7) is 2.07. The molecule has 1 aliphatic heterocycles. The summed E-state index contributed by atoms with van der Waals surface area (Å²) in [5.74, 6) is -0.687. The Morgan fingerprint density at radius 1 is 1.06 bits per heavy atom. The van der Waals surface area contributed by atoms with Crippen molar-refractivity contribution in [1.29, 1.82) is 0 Å². The largest absolute Gasteiger partial charge is 0.505 e. The number of carbonyl (C=O) groups is 1. The average molecular weight is 420 g/mol. The number of carbonyl (C=O) groups excluding carboxylic acids is 1. The predicted octanol–water partition coefficient (Wildman–Crippen LogP) is 3.19. The van der Waals surface area contributed by atoms with E-state index in [1.165, 1.54) is 26.4 Å². The normalized spacial score (nSPS) is 13.6. The van der Waals surface area contributed by atoms with Crippen molar-refractivity contribution in [2.24, 2.45) is 0 Å². The Kier molecular flexibility index (Phi) is 5.88. The van der Waals surface area contributed by atoms with Gasteiger partial charge in [-0.05, 0) is 55.7 Å². The molecule has 0 radical (unpaired) electrons. The van der Waals surface area contributed by atoms with Crippen LogP contribution in [0, 0.1) is 0 Å². The van der Waals surface area contributed by atoms with Crippen molar-refractivity contribution in [3.05, 3.63) is 70.6 Å². The highest BCUT2D eigenvalue weighted by atomic mass is 16.5. The number of nitrogens with zero attached hydrogens (tertiary/aromatic N) is 3. The van der Waals surface area contributed by atoms with E-state index in [-0.39, 0.29) is 5.69 Å². The van der Waals surface area contributed by atoms with E-state index in [1.54, 1.807) is 24.3 Å². The summed E-state index contributed by atoms with van der Waals surface area (Å²) in [5.41, 5.74) is 1.22. The van der Waals surface area contributed by atoms with Crippen molar-refractivity contribution < 1.29 is 14.6 Å². The average Bonchev–Trinajstić information content (AvgIpc) is 2.80. The van der Waals surface area contributed by atoms with Gasteiger partial charge in [0.25, 0.3) is 11.5 Å². The van der Waals surface area contributed by atoms with Gasteiger partial charge in [0.05, 0.1) is 7.11 Å². The van der Waals surface area contributed by atoms with Crippen molar-refractivity contribution in [1.82, 2.24) is 9.78 Å².